The van der Waals surface area contributed by atoms with Crippen LogP contribution in [0.1, 0.15) is 78.6 Å². The van der Waals surface area contributed by atoms with Crippen LogP contribution < -0.4 is 5.32 Å². The highest BCUT2D eigenvalue weighted by atomic mass is 32.2. The van der Waals surface area contributed by atoms with Gasteiger partial charge in [0.15, 0.2) is 0 Å². The van der Waals surface area contributed by atoms with E-state index in [4.69, 9.17) is 4.74 Å². The number of carbonyl (C=O) groups is 2. The average Bonchev–Trinajstić information content (AvgIpc) is 3.21. The molecular weight excluding hydrogens is 498 g/mol. The van der Waals surface area contributed by atoms with Crippen LogP contribution in [0.15, 0.2) is 29.2 Å². The number of hydrogen-bond acceptors (Lipinski definition) is 7. The third-order valence-corrected chi connectivity index (χ3v) is 9.27. The lowest BCUT2D eigenvalue weighted by Crippen LogP contribution is -2.35. The van der Waals surface area contributed by atoms with E-state index in [9.17, 15) is 18.0 Å². The van der Waals surface area contributed by atoms with Gasteiger partial charge < -0.3 is 10.1 Å². The van der Waals surface area contributed by atoms with E-state index in [1.807, 2.05) is 13.8 Å². The predicted octanol–water partition coefficient (Wildman–Crippen LogP) is 4.75. The van der Waals surface area contributed by atoms with Crippen molar-refractivity contribution in [2.75, 3.05) is 31.6 Å². The van der Waals surface area contributed by atoms with Crippen molar-refractivity contribution >= 4 is 38.2 Å². The Labute approximate surface area is 218 Å². The highest BCUT2D eigenvalue weighted by Gasteiger charge is 2.30. The van der Waals surface area contributed by atoms with Crippen molar-refractivity contribution < 1.29 is 22.7 Å². The summed E-state index contributed by atoms with van der Waals surface area (Å²) in [6, 6.07) is 6.33. The van der Waals surface area contributed by atoms with E-state index in [1.165, 1.54) is 39.9 Å². The fourth-order valence-electron chi connectivity index (χ4n) is 4.32. The number of rotatable bonds is 11. The molecule has 0 radical (unpaired) electrons. The molecule has 0 atom stereocenters. The molecule has 1 aromatic carbocycles. The van der Waals surface area contributed by atoms with Gasteiger partial charge in [-0.3, -0.25) is 9.69 Å². The Morgan fingerprint density at radius 3 is 2.31 bits per heavy atom. The molecular formula is C26H37N3O5S2. The molecule has 0 saturated carbocycles. The summed E-state index contributed by atoms with van der Waals surface area (Å²) in [4.78, 5) is 29.5. The standard InChI is InChI=1S/C26H37N3O5S2/c1-6-14-29(15-7-2)36(32,33)20-11-9-19(10-12-20)24(30)27-25-23(26(31)34-8-3)21-13-16-28(18(4)5)17-22(21)35-25/h9-12,18H,6-8,13-17H2,1-5H3,(H,27,30). The zero-order valence-corrected chi connectivity index (χ0v) is 23.4. The number of hydrogen-bond donors (Lipinski definition) is 1. The molecule has 0 fully saturated rings. The van der Waals surface area contributed by atoms with Gasteiger partial charge in [0.2, 0.25) is 10.0 Å². The van der Waals surface area contributed by atoms with Gasteiger partial charge in [-0.15, -0.1) is 11.3 Å². The smallest absolute Gasteiger partial charge is 0.341 e. The first-order chi connectivity index (χ1) is 17.1. The number of amides is 1. The number of nitrogens with one attached hydrogen (secondary N) is 1. The van der Waals surface area contributed by atoms with Crippen molar-refractivity contribution in [3.05, 3.63) is 45.8 Å². The van der Waals surface area contributed by atoms with Crippen molar-refractivity contribution in [2.24, 2.45) is 0 Å². The van der Waals surface area contributed by atoms with Gasteiger partial charge in [0.05, 0.1) is 17.1 Å². The number of ether oxygens (including phenoxy) is 1. The zero-order chi connectivity index (χ0) is 26.5. The number of carbonyl (C=O) groups excluding carboxylic acids is 2. The molecule has 0 aliphatic carbocycles. The second kappa shape index (κ2) is 12.3. The minimum Gasteiger partial charge on any atom is -0.462 e. The Balaban J connectivity index is 1.86. The summed E-state index contributed by atoms with van der Waals surface area (Å²) in [5.74, 6) is -0.834. The van der Waals surface area contributed by atoms with Gasteiger partial charge in [0.25, 0.3) is 5.91 Å². The SMILES string of the molecule is CCCN(CCC)S(=O)(=O)c1ccc(C(=O)Nc2sc3c(c2C(=O)OCC)CCN(C(C)C)C3)cc1. The van der Waals surface area contributed by atoms with Crippen molar-refractivity contribution in [3.63, 3.8) is 0 Å². The lowest BCUT2D eigenvalue weighted by molar-refractivity contribution is 0.0526. The second-order valence-corrected chi connectivity index (χ2v) is 12.2. The molecule has 1 N–H and O–H groups in total. The lowest BCUT2D eigenvalue weighted by Gasteiger charge is -2.30. The van der Waals surface area contributed by atoms with Crippen molar-refractivity contribution in [3.8, 4) is 0 Å². The quantitative estimate of drug-likeness (QED) is 0.417. The van der Waals surface area contributed by atoms with Gasteiger partial charge in [0, 0.05) is 42.7 Å². The van der Waals surface area contributed by atoms with Crippen molar-refractivity contribution in [1.82, 2.24) is 9.21 Å². The maximum absolute atomic E-state index is 13.1. The van der Waals surface area contributed by atoms with Crippen LogP contribution in [0, 0.1) is 0 Å². The highest BCUT2D eigenvalue weighted by molar-refractivity contribution is 7.89. The van der Waals surface area contributed by atoms with Crippen LogP contribution in [0.25, 0.3) is 0 Å². The third-order valence-electron chi connectivity index (χ3n) is 6.22. The fourth-order valence-corrected chi connectivity index (χ4v) is 7.21. The van der Waals surface area contributed by atoms with Gasteiger partial charge in [-0.05, 0) is 69.9 Å². The average molecular weight is 536 g/mol. The minimum absolute atomic E-state index is 0.161. The summed E-state index contributed by atoms with van der Waals surface area (Å²) in [5, 5.41) is 3.36. The Morgan fingerprint density at radius 1 is 1.11 bits per heavy atom. The molecule has 0 unspecified atom stereocenters. The first-order valence-corrected chi connectivity index (χ1v) is 14.9. The zero-order valence-electron chi connectivity index (χ0n) is 21.8. The monoisotopic (exact) mass is 535 g/mol. The van der Waals surface area contributed by atoms with Gasteiger partial charge in [-0.1, -0.05) is 13.8 Å². The predicted molar refractivity (Wildman–Crippen MR) is 143 cm³/mol. The lowest BCUT2D eigenvalue weighted by atomic mass is 10.0. The van der Waals surface area contributed by atoms with E-state index in [0.717, 1.165) is 36.4 Å². The largest absolute Gasteiger partial charge is 0.462 e. The number of sulfonamides is 1. The second-order valence-electron chi connectivity index (χ2n) is 9.13. The van der Waals surface area contributed by atoms with E-state index in [2.05, 4.69) is 24.1 Å². The van der Waals surface area contributed by atoms with Crippen LogP contribution >= 0.6 is 11.3 Å². The number of anilines is 1. The summed E-state index contributed by atoms with van der Waals surface area (Å²) in [7, 11) is -3.63. The molecule has 2 aromatic rings. The summed E-state index contributed by atoms with van der Waals surface area (Å²) in [6.45, 7) is 12.6. The summed E-state index contributed by atoms with van der Waals surface area (Å²) < 4.78 is 32.8. The summed E-state index contributed by atoms with van der Waals surface area (Å²) >= 11 is 1.41. The van der Waals surface area contributed by atoms with Crippen molar-refractivity contribution in [1.29, 1.82) is 0 Å². The molecule has 3 rings (SSSR count). The fraction of sp³-hybridized carbons (Fsp3) is 0.538. The Bertz CT molecular complexity index is 1170. The van der Waals surface area contributed by atoms with Crippen LogP contribution in [0.2, 0.25) is 0 Å². The summed E-state index contributed by atoms with van der Waals surface area (Å²) in [5.41, 5.74) is 1.69. The molecule has 36 heavy (non-hydrogen) atoms. The Kier molecular flexibility index (Phi) is 9.68. The van der Waals surface area contributed by atoms with Gasteiger partial charge in [0.1, 0.15) is 5.00 Å². The molecule has 0 bridgehead atoms. The maximum Gasteiger partial charge on any atom is 0.341 e. The Hall–Kier alpha value is -2.27. The topological polar surface area (TPSA) is 96.0 Å². The number of benzene rings is 1. The number of thiophene rings is 1. The number of esters is 1. The van der Waals surface area contributed by atoms with Crippen LogP contribution in [0.5, 0.6) is 0 Å². The van der Waals surface area contributed by atoms with E-state index in [-0.39, 0.29) is 11.5 Å². The van der Waals surface area contributed by atoms with Crippen LogP contribution in [-0.2, 0) is 27.7 Å². The van der Waals surface area contributed by atoms with E-state index < -0.39 is 21.9 Å². The van der Waals surface area contributed by atoms with Gasteiger partial charge in [-0.2, -0.15) is 4.31 Å². The van der Waals surface area contributed by atoms with E-state index in [0.29, 0.717) is 41.7 Å². The first kappa shape index (κ1) is 28.3. The third kappa shape index (κ3) is 6.16. The molecule has 1 aliphatic heterocycles. The first-order valence-electron chi connectivity index (χ1n) is 12.6. The molecule has 0 spiro atoms. The van der Waals surface area contributed by atoms with Crippen LogP contribution in [-0.4, -0.2) is 61.8 Å². The minimum atomic E-state index is -3.63. The van der Waals surface area contributed by atoms with Crippen molar-refractivity contribution in [2.45, 2.75) is 71.4 Å². The van der Waals surface area contributed by atoms with Crippen LogP contribution in [0.4, 0.5) is 5.00 Å². The molecule has 198 valence electrons. The highest BCUT2D eigenvalue weighted by Crippen LogP contribution is 2.38. The van der Waals surface area contributed by atoms with Gasteiger partial charge in [-0.25, -0.2) is 13.2 Å². The molecule has 1 amide bonds. The maximum atomic E-state index is 13.1. The van der Waals surface area contributed by atoms with E-state index in [1.54, 1.807) is 6.92 Å². The molecule has 1 aliphatic rings. The number of fused-ring (bicyclic) bond motifs is 1. The molecule has 8 nitrogen and oxygen atoms in total. The van der Waals surface area contributed by atoms with E-state index >= 15 is 0 Å². The summed E-state index contributed by atoms with van der Waals surface area (Å²) in [6.07, 6.45) is 2.16. The number of nitrogens with zero attached hydrogens (tertiary/aromatic N) is 2. The Morgan fingerprint density at radius 2 is 1.75 bits per heavy atom. The normalized spacial score (nSPS) is 14.2. The molecule has 1 aromatic heterocycles. The molecule has 10 heteroatoms. The van der Waals surface area contributed by atoms with Crippen LogP contribution in [0.3, 0.4) is 0 Å². The molecule has 0 saturated heterocycles. The van der Waals surface area contributed by atoms with Gasteiger partial charge >= 0.3 is 5.97 Å². The molecule has 2 heterocycles.